The fourth-order valence-electron chi connectivity index (χ4n) is 10.8. The molecule has 5 aliphatic carbocycles. The maximum atomic E-state index is 12.5. The molecule has 5 aliphatic rings. The van der Waals surface area contributed by atoms with Crippen LogP contribution < -0.4 is 0 Å². The Morgan fingerprint density at radius 2 is 1.74 bits per heavy atom. The third-order valence-corrected chi connectivity index (χ3v) is 13.1. The Morgan fingerprint density at radius 3 is 2.45 bits per heavy atom. The van der Waals surface area contributed by atoms with Crippen LogP contribution in [0.1, 0.15) is 112 Å². The molecule has 2 spiro atoms. The van der Waals surface area contributed by atoms with Crippen molar-refractivity contribution in [2.24, 2.45) is 57.2 Å². The topological polar surface area (TPSA) is 17.1 Å². The van der Waals surface area contributed by atoms with E-state index in [1.165, 1.54) is 69.8 Å². The highest BCUT2D eigenvalue weighted by atomic mass is 16.1. The molecular weight excluding hydrogens is 376 g/mol. The number of carbonyl (C=O) groups is 1. The zero-order valence-electron chi connectivity index (χ0n) is 21.4. The minimum atomic E-state index is 0.335. The summed E-state index contributed by atoms with van der Waals surface area (Å²) in [6.07, 6.45) is 14.8. The second-order valence-electron chi connectivity index (χ2n) is 13.8. The standard InChI is InChI=1S/C30H48O/c1-19(2)20(3)8-9-21(4)23-12-14-28(7)26-11-10-24-22(5)25(31)13-15-29(24)18-30(26,29)17-16-27(23,28)6/h20-24,26H,1,8-18H2,2-7H3/t20-,21+,22-,23+,24-,26-,27+,28-,29+,30-/m0/s1. The molecule has 5 fully saturated rings. The van der Waals surface area contributed by atoms with Crippen LogP contribution in [-0.4, -0.2) is 5.78 Å². The number of hydrogen-bond donors (Lipinski definition) is 0. The first-order chi connectivity index (χ1) is 14.5. The van der Waals surface area contributed by atoms with E-state index in [0.29, 0.717) is 45.2 Å². The molecule has 5 saturated carbocycles. The van der Waals surface area contributed by atoms with Gasteiger partial charge in [0, 0.05) is 12.3 Å². The second-order valence-corrected chi connectivity index (χ2v) is 13.8. The smallest absolute Gasteiger partial charge is 0.136 e. The van der Waals surface area contributed by atoms with Gasteiger partial charge in [-0.15, -0.1) is 0 Å². The lowest BCUT2D eigenvalue weighted by Gasteiger charge is -2.61. The van der Waals surface area contributed by atoms with Gasteiger partial charge < -0.3 is 0 Å². The van der Waals surface area contributed by atoms with Crippen LogP contribution in [0.4, 0.5) is 0 Å². The molecule has 0 radical (unpaired) electrons. The van der Waals surface area contributed by atoms with E-state index < -0.39 is 0 Å². The average Bonchev–Trinajstić information content (AvgIpc) is 3.31. The van der Waals surface area contributed by atoms with Gasteiger partial charge in [-0.2, -0.15) is 0 Å². The van der Waals surface area contributed by atoms with Gasteiger partial charge in [0.2, 0.25) is 0 Å². The molecular formula is C30H48O. The van der Waals surface area contributed by atoms with Gasteiger partial charge in [0.05, 0.1) is 0 Å². The Labute approximate surface area is 192 Å². The molecule has 0 N–H and O–H groups in total. The van der Waals surface area contributed by atoms with Gasteiger partial charge in [0.25, 0.3) is 0 Å². The fourth-order valence-corrected chi connectivity index (χ4v) is 10.8. The molecule has 0 aliphatic heterocycles. The second kappa shape index (κ2) is 6.96. The molecule has 0 saturated heterocycles. The molecule has 10 atom stereocenters. The third kappa shape index (κ3) is 2.70. The van der Waals surface area contributed by atoms with Gasteiger partial charge in [0.15, 0.2) is 0 Å². The van der Waals surface area contributed by atoms with Gasteiger partial charge in [-0.05, 0) is 122 Å². The highest BCUT2D eigenvalue weighted by Crippen LogP contribution is 2.88. The third-order valence-electron chi connectivity index (χ3n) is 13.1. The number of rotatable bonds is 5. The van der Waals surface area contributed by atoms with Crippen LogP contribution in [0.3, 0.4) is 0 Å². The van der Waals surface area contributed by atoms with Gasteiger partial charge in [-0.3, -0.25) is 4.79 Å². The van der Waals surface area contributed by atoms with E-state index in [0.717, 1.165) is 24.2 Å². The van der Waals surface area contributed by atoms with Crippen molar-refractivity contribution < 1.29 is 4.79 Å². The Kier molecular flexibility index (Phi) is 4.99. The number of allylic oxidation sites excluding steroid dienone is 1. The Morgan fingerprint density at radius 1 is 1.00 bits per heavy atom. The maximum Gasteiger partial charge on any atom is 0.136 e. The molecule has 0 aromatic rings. The van der Waals surface area contributed by atoms with Crippen molar-refractivity contribution in [2.75, 3.05) is 0 Å². The van der Waals surface area contributed by atoms with Gasteiger partial charge in [0.1, 0.15) is 5.78 Å². The summed E-state index contributed by atoms with van der Waals surface area (Å²) < 4.78 is 0. The summed E-state index contributed by atoms with van der Waals surface area (Å²) in [6.45, 7) is 19.0. The van der Waals surface area contributed by atoms with Crippen molar-refractivity contribution >= 4 is 5.78 Å². The molecule has 0 amide bonds. The summed E-state index contributed by atoms with van der Waals surface area (Å²) in [6, 6.07) is 0. The molecule has 0 aromatic heterocycles. The number of hydrogen-bond acceptors (Lipinski definition) is 1. The highest BCUT2D eigenvalue weighted by Gasteiger charge is 2.81. The van der Waals surface area contributed by atoms with Crippen molar-refractivity contribution in [3.63, 3.8) is 0 Å². The van der Waals surface area contributed by atoms with E-state index in [1.807, 2.05) is 0 Å². The molecule has 0 heterocycles. The maximum absolute atomic E-state index is 12.5. The van der Waals surface area contributed by atoms with Crippen molar-refractivity contribution in [3.8, 4) is 0 Å². The first kappa shape index (κ1) is 22.2. The van der Waals surface area contributed by atoms with Crippen molar-refractivity contribution in [1.29, 1.82) is 0 Å². The summed E-state index contributed by atoms with van der Waals surface area (Å²) in [4.78, 5) is 12.5. The van der Waals surface area contributed by atoms with E-state index in [4.69, 9.17) is 0 Å². The lowest BCUT2D eigenvalue weighted by molar-refractivity contribution is -0.146. The quantitative estimate of drug-likeness (QED) is 0.406. The van der Waals surface area contributed by atoms with Crippen LogP contribution in [-0.2, 0) is 4.79 Å². The lowest BCUT2D eigenvalue weighted by atomic mass is 9.43. The van der Waals surface area contributed by atoms with Crippen LogP contribution in [0, 0.1) is 57.2 Å². The summed E-state index contributed by atoms with van der Waals surface area (Å²) in [5.41, 5.74) is 3.54. The predicted molar refractivity (Wildman–Crippen MR) is 130 cm³/mol. The first-order valence-corrected chi connectivity index (χ1v) is 13.7. The SMILES string of the molecule is C=C(C)[C@@H](C)CC[C@@H](C)[C@H]1CC[C@@]2(C)[C@@H]3CC[C@H]4[C@H](C)C(=O)CC[C@@]45C[C@@]35CC[C@]12C. The molecule has 31 heavy (non-hydrogen) atoms. The Hall–Kier alpha value is -0.590. The number of ketones is 1. The average molecular weight is 425 g/mol. The van der Waals surface area contributed by atoms with Gasteiger partial charge in [-0.1, -0.05) is 46.8 Å². The summed E-state index contributed by atoms with van der Waals surface area (Å²) in [7, 11) is 0. The van der Waals surface area contributed by atoms with E-state index in [2.05, 4.69) is 48.1 Å². The summed E-state index contributed by atoms with van der Waals surface area (Å²) >= 11 is 0. The largest absolute Gasteiger partial charge is 0.299 e. The summed E-state index contributed by atoms with van der Waals surface area (Å²) in [5.74, 6) is 4.92. The predicted octanol–water partition coefficient (Wildman–Crippen LogP) is 8.23. The molecule has 174 valence electrons. The monoisotopic (exact) mass is 424 g/mol. The number of Topliss-reactive ketones (excluding diaryl/α,β-unsaturated/α-hetero) is 1. The zero-order valence-corrected chi connectivity index (χ0v) is 21.4. The summed E-state index contributed by atoms with van der Waals surface area (Å²) in [5, 5.41) is 0. The van der Waals surface area contributed by atoms with Crippen LogP contribution >= 0.6 is 0 Å². The first-order valence-electron chi connectivity index (χ1n) is 13.7. The van der Waals surface area contributed by atoms with Crippen LogP contribution in [0.15, 0.2) is 12.2 Å². The van der Waals surface area contributed by atoms with E-state index in [9.17, 15) is 4.79 Å². The van der Waals surface area contributed by atoms with Crippen molar-refractivity contribution in [1.82, 2.24) is 0 Å². The normalized spacial score (nSPS) is 52.4. The van der Waals surface area contributed by atoms with Crippen molar-refractivity contribution in [2.45, 2.75) is 112 Å². The minimum absolute atomic E-state index is 0.335. The molecule has 1 heteroatoms. The fraction of sp³-hybridized carbons (Fsp3) is 0.900. The molecule has 5 rings (SSSR count). The van der Waals surface area contributed by atoms with E-state index in [1.54, 1.807) is 0 Å². The van der Waals surface area contributed by atoms with Crippen LogP contribution in [0.5, 0.6) is 0 Å². The van der Waals surface area contributed by atoms with E-state index in [-0.39, 0.29) is 0 Å². The van der Waals surface area contributed by atoms with Gasteiger partial charge >= 0.3 is 0 Å². The van der Waals surface area contributed by atoms with Crippen molar-refractivity contribution in [3.05, 3.63) is 12.2 Å². The zero-order chi connectivity index (χ0) is 22.4. The highest BCUT2D eigenvalue weighted by molar-refractivity contribution is 5.82. The number of fused-ring (bicyclic) bond motifs is 2. The minimum Gasteiger partial charge on any atom is -0.299 e. The number of carbonyl (C=O) groups excluding carboxylic acids is 1. The lowest BCUT2D eigenvalue weighted by Crippen LogP contribution is -2.55. The van der Waals surface area contributed by atoms with Gasteiger partial charge in [-0.25, -0.2) is 0 Å². The Balaban J connectivity index is 1.38. The van der Waals surface area contributed by atoms with Crippen LogP contribution in [0.25, 0.3) is 0 Å². The molecule has 0 bridgehead atoms. The molecule has 0 aromatic carbocycles. The van der Waals surface area contributed by atoms with Crippen LogP contribution in [0.2, 0.25) is 0 Å². The molecule has 0 unspecified atom stereocenters. The Bertz CT molecular complexity index is 781. The molecule has 1 nitrogen and oxygen atoms in total. The van der Waals surface area contributed by atoms with E-state index >= 15 is 0 Å².